The Balaban J connectivity index is 2.62. The monoisotopic (exact) mass is 317 g/mol. The predicted octanol–water partition coefficient (Wildman–Crippen LogP) is 2.73. The fraction of sp³-hybridized carbons (Fsp3) is 0.417. The molecule has 0 saturated heterocycles. The highest BCUT2D eigenvalue weighted by molar-refractivity contribution is 9.10. The average molecular weight is 318 g/mol. The summed E-state index contributed by atoms with van der Waals surface area (Å²) in [6.07, 6.45) is -0.494. The van der Waals surface area contributed by atoms with Gasteiger partial charge in [0.25, 0.3) is 0 Å². The Morgan fingerprint density at radius 1 is 1.59 bits per heavy atom. The van der Waals surface area contributed by atoms with Gasteiger partial charge in [0, 0.05) is 15.9 Å². The minimum Gasteiger partial charge on any atom is -0.389 e. The van der Waals surface area contributed by atoms with Crippen LogP contribution in [0.15, 0.2) is 27.6 Å². The summed E-state index contributed by atoms with van der Waals surface area (Å²) in [5.74, 6) is 0.446. The van der Waals surface area contributed by atoms with Crippen LogP contribution in [0.4, 0.5) is 0 Å². The number of amides is 1. The number of carbonyl (C=O) groups excluding carboxylic acids is 1. The minimum absolute atomic E-state index is 0.0354. The zero-order chi connectivity index (χ0) is 12.8. The van der Waals surface area contributed by atoms with Crippen LogP contribution in [0.3, 0.4) is 0 Å². The smallest absolute Gasteiger partial charge is 0.230 e. The van der Waals surface area contributed by atoms with Gasteiger partial charge in [-0.05, 0) is 31.5 Å². The molecule has 0 bridgehead atoms. The van der Waals surface area contributed by atoms with Crippen molar-refractivity contribution in [3.05, 3.63) is 28.2 Å². The minimum atomic E-state index is -0.494. The molecule has 1 unspecified atom stereocenters. The zero-order valence-electron chi connectivity index (χ0n) is 9.87. The van der Waals surface area contributed by atoms with E-state index in [9.17, 15) is 9.90 Å². The van der Waals surface area contributed by atoms with Gasteiger partial charge in [-0.15, -0.1) is 11.8 Å². The van der Waals surface area contributed by atoms with Crippen molar-refractivity contribution in [1.82, 2.24) is 5.32 Å². The summed E-state index contributed by atoms with van der Waals surface area (Å²) in [6.45, 7) is 4.28. The average Bonchev–Trinajstić information content (AvgIpc) is 2.26. The molecule has 1 rings (SSSR count). The van der Waals surface area contributed by atoms with Crippen molar-refractivity contribution in [2.24, 2.45) is 0 Å². The molecule has 1 atom stereocenters. The first-order chi connectivity index (χ1) is 8.04. The van der Waals surface area contributed by atoms with Crippen LogP contribution < -0.4 is 5.32 Å². The van der Waals surface area contributed by atoms with Gasteiger partial charge in [-0.2, -0.15) is 0 Å². The van der Waals surface area contributed by atoms with Gasteiger partial charge in [0.1, 0.15) is 0 Å². The molecule has 2 N–H and O–H groups in total. The second-order valence-electron chi connectivity index (χ2n) is 3.60. The SMILES string of the molecule is CCNC(=O)CSc1ccc(C(C)O)c(Br)c1. The highest BCUT2D eigenvalue weighted by Gasteiger charge is 2.08. The largest absolute Gasteiger partial charge is 0.389 e. The van der Waals surface area contributed by atoms with Crippen LogP contribution in [0.2, 0.25) is 0 Å². The summed E-state index contributed by atoms with van der Waals surface area (Å²) in [6, 6.07) is 5.71. The van der Waals surface area contributed by atoms with Crippen molar-refractivity contribution in [3.8, 4) is 0 Å². The lowest BCUT2D eigenvalue weighted by atomic mass is 10.1. The van der Waals surface area contributed by atoms with E-state index in [1.54, 1.807) is 6.92 Å². The highest BCUT2D eigenvalue weighted by atomic mass is 79.9. The van der Waals surface area contributed by atoms with Crippen LogP contribution in [0, 0.1) is 0 Å². The molecule has 0 aliphatic heterocycles. The Hall–Kier alpha value is -0.520. The van der Waals surface area contributed by atoms with E-state index in [0.29, 0.717) is 12.3 Å². The van der Waals surface area contributed by atoms with Crippen molar-refractivity contribution in [2.45, 2.75) is 24.8 Å². The van der Waals surface area contributed by atoms with Gasteiger partial charge < -0.3 is 10.4 Å². The fourth-order valence-corrected chi connectivity index (χ4v) is 2.96. The first-order valence-corrected chi connectivity index (χ1v) is 7.19. The van der Waals surface area contributed by atoms with Gasteiger partial charge in [-0.25, -0.2) is 0 Å². The molecule has 0 radical (unpaired) electrons. The summed E-state index contributed by atoms with van der Waals surface area (Å²) < 4.78 is 0.869. The van der Waals surface area contributed by atoms with Crippen molar-refractivity contribution in [3.63, 3.8) is 0 Å². The molecular formula is C12H16BrNO2S. The molecule has 0 fully saturated rings. The number of nitrogens with one attached hydrogen (secondary N) is 1. The number of aliphatic hydroxyl groups is 1. The molecule has 17 heavy (non-hydrogen) atoms. The van der Waals surface area contributed by atoms with E-state index in [1.807, 2.05) is 25.1 Å². The molecule has 0 spiro atoms. The third-order valence-electron chi connectivity index (χ3n) is 2.17. The Bertz CT molecular complexity index is 396. The lowest BCUT2D eigenvalue weighted by Gasteiger charge is -2.09. The van der Waals surface area contributed by atoms with E-state index >= 15 is 0 Å². The van der Waals surface area contributed by atoms with Crippen LogP contribution in [-0.2, 0) is 4.79 Å². The number of thioether (sulfide) groups is 1. The third-order valence-corrected chi connectivity index (χ3v) is 3.85. The quantitative estimate of drug-likeness (QED) is 0.821. The van der Waals surface area contributed by atoms with E-state index in [4.69, 9.17) is 0 Å². The van der Waals surface area contributed by atoms with Crippen LogP contribution in [0.5, 0.6) is 0 Å². The lowest BCUT2D eigenvalue weighted by Crippen LogP contribution is -2.24. The molecule has 1 amide bonds. The molecule has 0 aliphatic carbocycles. The van der Waals surface area contributed by atoms with E-state index in [0.717, 1.165) is 14.9 Å². The second-order valence-corrected chi connectivity index (χ2v) is 5.50. The molecule has 0 heterocycles. The van der Waals surface area contributed by atoms with Gasteiger partial charge >= 0.3 is 0 Å². The van der Waals surface area contributed by atoms with Gasteiger partial charge in [-0.1, -0.05) is 22.0 Å². The Labute approximate surface area is 114 Å². The molecule has 1 aromatic rings. The van der Waals surface area contributed by atoms with Crippen LogP contribution in [0.25, 0.3) is 0 Å². The maximum atomic E-state index is 11.3. The number of rotatable bonds is 5. The van der Waals surface area contributed by atoms with Crippen molar-refractivity contribution >= 4 is 33.6 Å². The maximum Gasteiger partial charge on any atom is 0.230 e. The van der Waals surface area contributed by atoms with E-state index in [1.165, 1.54) is 11.8 Å². The Kier molecular flexibility index (Phi) is 6.02. The fourth-order valence-electron chi connectivity index (χ4n) is 1.33. The Morgan fingerprint density at radius 3 is 2.82 bits per heavy atom. The third kappa shape index (κ3) is 4.69. The van der Waals surface area contributed by atoms with Crippen LogP contribution in [-0.4, -0.2) is 23.3 Å². The van der Waals surface area contributed by atoms with Crippen LogP contribution >= 0.6 is 27.7 Å². The first-order valence-electron chi connectivity index (χ1n) is 5.41. The molecule has 0 aliphatic rings. The second kappa shape index (κ2) is 7.03. The lowest BCUT2D eigenvalue weighted by molar-refractivity contribution is -0.118. The number of benzene rings is 1. The molecule has 5 heteroatoms. The zero-order valence-corrected chi connectivity index (χ0v) is 12.3. The predicted molar refractivity (Wildman–Crippen MR) is 74.2 cm³/mol. The number of hydrogen-bond donors (Lipinski definition) is 2. The molecule has 0 saturated carbocycles. The van der Waals surface area contributed by atoms with E-state index < -0.39 is 6.10 Å². The number of hydrogen-bond acceptors (Lipinski definition) is 3. The highest BCUT2D eigenvalue weighted by Crippen LogP contribution is 2.28. The Morgan fingerprint density at radius 2 is 2.29 bits per heavy atom. The van der Waals surface area contributed by atoms with Crippen LogP contribution in [0.1, 0.15) is 25.5 Å². The van der Waals surface area contributed by atoms with Crippen molar-refractivity contribution in [1.29, 1.82) is 0 Å². The molecule has 94 valence electrons. The summed E-state index contributed by atoms with van der Waals surface area (Å²) in [7, 11) is 0. The summed E-state index contributed by atoms with van der Waals surface area (Å²) in [5.41, 5.74) is 0.854. The molecular weight excluding hydrogens is 302 g/mol. The number of carbonyl (C=O) groups is 1. The summed E-state index contributed by atoms with van der Waals surface area (Å²) in [4.78, 5) is 12.3. The van der Waals surface area contributed by atoms with Crippen molar-refractivity contribution < 1.29 is 9.90 Å². The van der Waals surface area contributed by atoms with Crippen molar-refractivity contribution in [2.75, 3.05) is 12.3 Å². The molecule has 3 nitrogen and oxygen atoms in total. The first kappa shape index (κ1) is 14.5. The number of aliphatic hydroxyl groups excluding tert-OH is 1. The van der Waals surface area contributed by atoms with E-state index in [-0.39, 0.29) is 5.91 Å². The topological polar surface area (TPSA) is 49.3 Å². The normalized spacial score (nSPS) is 12.2. The standard InChI is InChI=1S/C12H16BrNO2S/c1-3-14-12(16)7-17-9-4-5-10(8(2)15)11(13)6-9/h4-6,8,15H,3,7H2,1-2H3,(H,14,16). The van der Waals surface area contributed by atoms with Gasteiger partial charge in [-0.3, -0.25) is 4.79 Å². The summed E-state index contributed by atoms with van der Waals surface area (Å²) in [5, 5.41) is 12.2. The maximum absolute atomic E-state index is 11.3. The molecule has 1 aromatic carbocycles. The molecule has 0 aromatic heterocycles. The number of halogens is 1. The summed E-state index contributed by atoms with van der Waals surface area (Å²) >= 11 is 4.89. The van der Waals surface area contributed by atoms with Gasteiger partial charge in [0.05, 0.1) is 11.9 Å². The van der Waals surface area contributed by atoms with E-state index in [2.05, 4.69) is 21.2 Å². The van der Waals surface area contributed by atoms with Gasteiger partial charge in [0.15, 0.2) is 0 Å². The van der Waals surface area contributed by atoms with Gasteiger partial charge in [0.2, 0.25) is 5.91 Å².